The SMILES string of the molecule is COCCCNC(=S)Nc1ccc([N+](=O)[O-])cc1C(F)(F)F. The molecule has 0 heterocycles. The van der Waals surface area contributed by atoms with Gasteiger partial charge in [0.2, 0.25) is 0 Å². The number of methoxy groups -OCH3 is 1. The molecule has 6 nitrogen and oxygen atoms in total. The van der Waals surface area contributed by atoms with Crippen LogP contribution in [0, 0.1) is 10.1 Å². The minimum Gasteiger partial charge on any atom is -0.385 e. The van der Waals surface area contributed by atoms with Crippen molar-refractivity contribution in [3.05, 3.63) is 33.9 Å². The van der Waals surface area contributed by atoms with Crippen molar-refractivity contribution >= 4 is 28.7 Å². The molecule has 22 heavy (non-hydrogen) atoms. The number of rotatable bonds is 6. The molecule has 1 aromatic rings. The third kappa shape index (κ3) is 5.45. The average molecular weight is 337 g/mol. The summed E-state index contributed by atoms with van der Waals surface area (Å²) in [5, 5.41) is 15.7. The van der Waals surface area contributed by atoms with Crippen LogP contribution in [0.15, 0.2) is 18.2 Å². The molecule has 0 aliphatic heterocycles. The van der Waals surface area contributed by atoms with Crippen molar-refractivity contribution in [3.63, 3.8) is 0 Å². The molecule has 122 valence electrons. The number of anilines is 1. The first-order chi connectivity index (χ1) is 10.3. The van der Waals surface area contributed by atoms with Gasteiger partial charge in [0.25, 0.3) is 5.69 Å². The van der Waals surface area contributed by atoms with E-state index in [-0.39, 0.29) is 10.8 Å². The van der Waals surface area contributed by atoms with Crippen LogP contribution >= 0.6 is 12.2 Å². The minimum atomic E-state index is -4.74. The first kappa shape index (κ1) is 18.1. The third-order valence-electron chi connectivity index (χ3n) is 2.58. The molecule has 1 rings (SSSR count). The number of nitro groups is 1. The third-order valence-corrected chi connectivity index (χ3v) is 2.82. The molecular formula is C12H14F3N3O3S. The van der Waals surface area contributed by atoms with Gasteiger partial charge in [0.05, 0.1) is 16.2 Å². The van der Waals surface area contributed by atoms with Gasteiger partial charge in [-0.2, -0.15) is 13.2 Å². The Labute approximate surface area is 129 Å². The van der Waals surface area contributed by atoms with Crippen molar-refractivity contribution in [1.29, 1.82) is 0 Å². The van der Waals surface area contributed by atoms with Gasteiger partial charge in [-0.15, -0.1) is 0 Å². The minimum absolute atomic E-state index is 0.00421. The zero-order valence-corrected chi connectivity index (χ0v) is 12.4. The monoisotopic (exact) mass is 337 g/mol. The van der Waals surface area contributed by atoms with Gasteiger partial charge in [-0.3, -0.25) is 10.1 Å². The molecule has 0 amide bonds. The lowest BCUT2D eigenvalue weighted by atomic mass is 10.1. The van der Waals surface area contributed by atoms with Crippen molar-refractivity contribution < 1.29 is 22.8 Å². The topological polar surface area (TPSA) is 76.4 Å². The first-order valence-corrected chi connectivity index (χ1v) is 6.56. The lowest BCUT2D eigenvalue weighted by Gasteiger charge is -2.15. The van der Waals surface area contributed by atoms with Crippen LogP contribution in [0.1, 0.15) is 12.0 Å². The second-order valence-electron chi connectivity index (χ2n) is 4.21. The Bertz CT molecular complexity index is 552. The predicted molar refractivity (Wildman–Crippen MR) is 78.8 cm³/mol. The van der Waals surface area contributed by atoms with Gasteiger partial charge in [-0.05, 0) is 24.7 Å². The zero-order chi connectivity index (χ0) is 16.8. The van der Waals surface area contributed by atoms with E-state index in [4.69, 9.17) is 17.0 Å². The van der Waals surface area contributed by atoms with E-state index >= 15 is 0 Å². The van der Waals surface area contributed by atoms with Crippen LogP contribution in [0.25, 0.3) is 0 Å². The maximum absolute atomic E-state index is 13.0. The highest BCUT2D eigenvalue weighted by molar-refractivity contribution is 7.80. The highest BCUT2D eigenvalue weighted by atomic mass is 32.1. The normalized spacial score (nSPS) is 11.1. The summed E-state index contributed by atoms with van der Waals surface area (Å²) in [4.78, 5) is 9.70. The summed E-state index contributed by atoms with van der Waals surface area (Å²) in [6.45, 7) is 0.912. The molecular weight excluding hydrogens is 323 g/mol. The predicted octanol–water partition coefficient (Wildman–Crippen LogP) is 2.94. The number of hydrogen-bond donors (Lipinski definition) is 2. The lowest BCUT2D eigenvalue weighted by Crippen LogP contribution is -2.30. The van der Waals surface area contributed by atoms with Gasteiger partial charge >= 0.3 is 6.18 Å². The molecule has 0 aromatic heterocycles. The molecule has 0 atom stereocenters. The quantitative estimate of drug-likeness (QED) is 0.360. The van der Waals surface area contributed by atoms with Crippen LogP contribution in [0.2, 0.25) is 0 Å². The Balaban J connectivity index is 2.85. The van der Waals surface area contributed by atoms with Crippen molar-refractivity contribution in [3.8, 4) is 0 Å². The van der Waals surface area contributed by atoms with Crippen LogP contribution < -0.4 is 10.6 Å². The number of alkyl halides is 3. The van der Waals surface area contributed by atoms with Crippen molar-refractivity contribution in [2.75, 3.05) is 25.6 Å². The molecule has 0 aliphatic carbocycles. The fourth-order valence-corrected chi connectivity index (χ4v) is 1.79. The summed E-state index contributed by atoms with van der Waals surface area (Å²) < 4.78 is 43.7. The second kappa shape index (κ2) is 7.90. The number of halogens is 3. The Hall–Kier alpha value is -1.94. The Morgan fingerprint density at radius 1 is 1.45 bits per heavy atom. The van der Waals surface area contributed by atoms with E-state index in [9.17, 15) is 23.3 Å². The maximum atomic E-state index is 13.0. The van der Waals surface area contributed by atoms with E-state index in [1.54, 1.807) is 0 Å². The number of nitro benzene ring substituents is 1. The summed E-state index contributed by atoms with van der Waals surface area (Å²) >= 11 is 4.89. The van der Waals surface area contributed by atoms with Gasteiger partial charge in [0.15, 0.2) is 5.11 Å². The average Bonchev–Trinajstić information content (AvgIpc) is 2.42. The molecule has 0 spiro atoms. The molecule has 0 saturated carbocycles. The molecule has 0 aliphatic rings. The van der Waals surface area contributed by atoms with E-state index in [0.717, 1.165) is 12.1 Å². The smallest absolute Gasteiger partial charge is 0.385 e. The van der Waals surface area contributed by atoms with Crippen molar-refractivity contribution in [1.82, 2.24) is 5.32 Å². The van der Waals surface area contributed by atoms with Gasteiger partial charge < -0.3 is 15.4 Å². The van der Waals surface area contributed by atoms with E-state index < -0.39 is 22.4 Å². The summed E-state index contributed by atoms with van der Waals surface area (Å²) in [5.74, 6) is 0. The highest BCUT2D eigenvalue weighted by Gasteiger charge is 2.35. The molecule has 0 fully saturated rings. The molecule has 1 aromatic carbocycles. The number of benzene rings is 1. The maximum Gasteiger partial charge on any atom is 0.418 e. The largest absolute Gasteiger partial charge is 0.418 e. The number of nitrogens with zero attached hydrogens (tertiary/aromatic N) is 1. The molecule has 2 N–H and O–H groups in total. The van der Waals surface area contributed by atoms with E-state index in [1.807, 2.05) is 0 Å². The molecule has 10 heteroatoms. The van der Waals surface area contributed by atoms with Gasteiger partial charge in [0.1, 0.15) is 0 Å². The number of thiocarbonyl (C=S) groups is 1. The fourth-order valence-electron chi connectivity index (χ4n) is 1.57. The van der Waals surface area contributed by atoms with Crippen molar-refractivity contribution in [2.45, 2.75) is 12.6 Å². The highest BCUT2D eigenvalue weighted by Crippen LogP contribution is 2.37. The van der Waals surface area contributed by atoms with E-state index in [1.165, 1.54) is 7.11 Å². The lowest BCUT2D eigenvalue weighted by molar-refractivity contribution is -0.385. The fraction of sp³-hybridized carbons (Fsp3) is 0.417. The number of ether oxygens (including phenoxy) is 1. The van der Waals surface area contributed by atoms with Crippen LogP contribution in [0.4, 0.5) is 24.5 Å². The van der Waals surface area contributed by atoms with Crippen molar-refractivity contribution in [2.24, 2.45) is 0 Å². The van der Waals surface area contributed by atoms with Crippen LogP contribution in [0.3, 0.4) is 0 Å². The van der Waals surface area contributed by atoms with Crippen LogP contribution in [0.5, 0.6) is 0 Å². The summed E-state index contributed by atoms with van der Waals surface area (Å²) in [5.41, 5.74) is -2.14. The summed E-state index contributed by atoms with van der Waals surface area (Å²) in [6.07, 6.45) is -4.11. The summed E-state index contributed by atoms with van der Waals surface area (Å²) in [7, 11) is 1.53. The van der Waals surface area contributed by atoms with E-state index in [2.05, 4.69) is 10.6 Å². The molecule has 0 unspecified atom stereocenters. The zero-order valence-electron chi connectivity index (χ0n) is 11.6. The molecule has 0 saturated heterocycles. The van der Waals surface area contributed by atoms with Gasteiger partial charge in [-0.1, -0.05) is 0 Å². The first-order valence-electron chi connectivity index (χ1n) is 6.15. The van der Waals surface area contributed by atoms with E-state index in [0.29, 0.717) is 25.6 Å². The number of nitrogens with one attached hydrogen (secondary N) is 2. The Kier molecular flexibility index (Phi) is 6.50. The van der Waals surface area contributed by atoms with Crippen LogP contribution in [-0.2, 0) is 10.9 Å². The Morgan fingerprint density at radius 2 is 2.14 bits per heavy atom. The standard InChI is InChI=1S/C12H14F3N3O3S/c1-21-6-2-5-16-11(22)17-10-4-3-8(18(19)20)7-9(10)12(13,14)15/h3-4,7H,2,5-6H2,1H3,(H2,16,17,22). The van der Waals surface area contributed by atoms with Gasteiger partial charge in [0, 0.05) is 32.4 Å². The number of non-ortho nitro benzene ring substituents is 1. The molecule has 0 bridgehead atoms. The second-order valence-corrected chi connectivity index (χ2v) is 4.62. The van der Waals surface area contributed by atoms with Gasteiger partial charge in [-0.25, -0.2) is 0 Å². The Morgan fingerprint density at radius 3 is 2.68 bits per heavy atom. The number of hydrogen-bond acceptors (Lipinski definition) is 4. The molecule has 0 radical (unpaired) electrons. The van der Waals surface area contributed by atoms with Crippen LogP contribution in [-0.4, -0.2) is 30.3 Å². The summed E-state index contributed by atoms with van der Waals surface area (Å²) in [6, 6.07) is 2.42.